The summed E-state index contributed by atoms with van der Waals surface area (Å²) in [6, 6.07) is 2.35. The predicted molar refractivity (Wildman–Crippen MR) is 113 cm³/mol. The third kappa shape index (κ3) is 4.36. The largest absolute Gasteiger partial charge is 0.347 e. The maximum atomic E-state index is 12.7. The van der Waals surface area contributed by atoms with Crippen molar-refractivity contribution in [3.63, 3.8) is 0 Å². The van der Waals surface area contributed by atoms with Gasteiger partial charge in [0.25, 0.3) is 0 Å². The van der Waals surface area contributed by atoms with Gasteiger partial charge in [-0.25, -0.2) is 0 Å². The number of fused-ring (bicyclic) bond motifs is 1. The molecule has 158 valence electrons. The molecular formula is C22H31N3O3S. The van der Waals surface area contributed by atoms with Crippen molar-refractivity contribution in [2.24, 2.45) is 11.3 Å². The van der Waals surface area contributed by atoms with Crippen molar-refractivity contribution >= 4 is 22.2 Å². The Balaban J connectivity index is 1.38. The van der Waals surface area contributed by atoms with E-state index in [0.29, 0.717) is 31.2 Å². The first-order valence-corrected chi connectivity index (χ1v) is 11.5. The van der Waals surface area contributed by atoms with Crippen molar-refractivity contribution in [2.75, 3.05) is 38.2 Å². The van der Waals surface area contributed by atoms with E-state index in [0.717, 1.165) is 55.8 Å². The molecule has 1 unspecified atom stereocenters. The van der Waals surface area contributed by atoms with Crippen LogP contribution in [0.5, 0.6) is 0 Å². The molecule has 3 aliphatic rings. The topological polar surface area (TPSA) is 74.6 Å². The second-order valence-electron chi connectivity index (χ2n) is 9.56. The standard InChI is InChI=1S/C22H31N3O3S/c1-21(2,3)15-4-5-16-17(13-23)20(29-18(16)12-15)24-19(26)14-25-8-6-22(7-9-25)27-10-11-28-22/h15H,4-12,14H2,1-3H3,(H,24,26). The van der Waals surface area contributed by atoms with Crippen LogP contribution in [0.2, 0.25) is 0 Å². The number of nitriles is 1. The van der Waals surface area contributed by atoms with Gasteiger partial charge in [-0.3, -0.25) is 9.69 Å². The summed E-state index contributed by atoms with van der Waals surface area (Å²) < 4.78 is 11.5. The number of piperidine rings is 1. The zero-order chi connectivity index (χ0) is 20.6. The van der Waals surface area contributed by atoms with E-state index in [9.17, 15) is 10.1 Å². The van der Waals surface area contributed by atoms with Gasteiger partial charge in [-0.15, -0.1) is 11.3 Å². The van der Waals surface area contributed by atoms with Gasteiger partial charge in [0.1, 0.15) is 11.1 Å². The Kier molecular flexibility index (Phi) is 5.73. The van der Waals surface area contributed by atoms with Crippen LogP contribution in [0.3, 0.4) is 0 Å². The van der Waals surface area contributed by atoms with Crippen molar-refractivity contribution in [1.29, 1.82) is 5.26 Å². The molecule has 2 fully saturated rings. The second-order valence-corrected chi connectivity index (χ2v) is 10.7. The first-order chi connectivity index (χ1) is 13.8. The average molecular weight is 418 g/mol. The van der Waals surface area contributed by atoms with Crippen LogP contribution in [0.25, 0.3) is 0 Å². The van der Waals surface area contributed by atoms with Crippen LogP contribution in [-0.2, 0) is 27.1 Å². The van der Waals surface area contributed by atoms with E-state index < -0.39 is 5.79 Å². The molecule has 6 nitrogen and oxygen atoms in total. The average Bonchev–Trinajstić information content (AvgIpc) is 3.26. The molecule has 1 amide bonds. The van der Waals surface area contributed by atoms with E-state index >= 15 is 0 Å². The molecule has 1 aromatic heterocycles. The quantitative estimate of drug-likeness (QED) is 0.814. The van der Waals surface area contributed by atoms with Gasteiger partial charge >= 0.3 is 0 Å². The van der Waals surface area contributed by atoms with Gasteiger partial charge in [-0.2, -0.15) is 5.26 Å². The van der Waals surface area contributed by atoms with Crippen molar-refractivity contribution in [3.8, 4) is 6.07 Å². The van der Waals surface area contributed by atoms with Crippen molar-refractivity contribution < 1.29 is 14.3 Å². The number of carbonyl (C=O) groups is 1. The maximum absolute atomic E-state index is 12.7. The molecule has 0 bridgehead atoms. The van der Waals surface area contributed by atoms with E-state index in [1.807, 2.05) is 0 Å². The molecule has 0 saturated carbocycles. The van der Waals surface area contributed by atoms with Crippen LogP contribution in [0.4, 0.5) is 5.00 Å². The molecule has 7 heteroatoms. The summed E-state index contributed by atoms with van der Waals surface area (Å²) in [5.41, 5.74) is 2.09. The zero-order valence-corrected chi connectivity index (χ0v) is 18.5. The van der Waals surface area contributed by atoms with Crippen molar-refractivity contribution in [1.82, 2.24) is 4.90 Å². The van der Waals surface area contributed by atoms with Crippen LogP contribution < -0.4 is 5.32 Å². The minimum atomic E-state index is -0.419. The summed E-state index contributed by atoms with van der Waals surface area (Å²) in [5, 5.41) is 13.5. The third-order valence-corrected chi connectivity index (χ3v) is 7.82. The first kappa shape index (κ1) is 20.8. The lowest BCUT2D eigenvalue weighted by atomic mass is 9.72. The van der Waals surface area contributed by atoms with Gasteiger partial charge in [0.15, 0.2) is 5.79 Å². The summed E-state index contributed by atoms with van der Waals surface area (Å²) in [6.07, 6.45) is 4.63. The first-order valence-electron chi connectivity index (χ1n) is 10.6. The highest BCUT2D eigenvalue weighted by Gasteiger charge is 2.40. The minimum Gasteiger partial charge on any atom is -0.347 e. The fourth-order valence-corrected chi connectivity index (χ4v) is 6.03. The number of carbonyl (C=O) groups excluding carboxylic acids is 1. The number of amides is 1. The highest BCUT2D eigenvalue weighted by atomic mass is 32.1. The molecule has 2 saturated heterocycles. The van der Waals surface area contributed by atoms with E-state index in [-0.39, 0.29) is 11.3 Å². The molecule has 0 radical (unpaired) electrons. The lowest BCUT2D eigenvalue weighted by molar-refractivity contribution is -0.185. The highest BCUT2D eigenvalue weighted by molar-refractivity contribution is 7.16. The molecule has 3 heterocycles. The Bertz CT molecular complexity index is 804. The Morgan fingerprint density at radius 2 is 2.00 bits per heavy atom. The summed E-state index contributed by atoms with van der Waals surface area (Å²) in [6.45, 7) is 10.1. The summed E-state index contributed by atoms with van der Waals surface area (Å²) >= 11 is 1.60. The van der Waals surface area contributed by atoms with Gasteiger partial charge in [0.2, 0.25) is 5.91 Å². The summed E-state index contributed by atoms with van der Waals surface area (Å²) in [7, 11) is 0. The SMILES string of the molecule is CC(C)(C)C1CCc2c(sc(NC(=O)CN3CCC4(CC3)OCCO4)c2C#N)C1. The molecule has 1 aromatic rings. The highest BCUT2D eigenvalue weighted by Crippen LogP contribution is 2.44. The molecule has 1 aliphatic carbocycles. The van der Waals surface area contributed by atoms with Crippen molar-refractivity contribution in [3.05, 3.63) is 16.0 Å². The Hall–Kier alpha value is -1.46. The van der Waals surface area contributed by atoms with E-state index in [2.05, 4.69) is 37.1 Å². The smallest absolute Gasteiger partial charge is 0.239 e. The molecule has 29 heavy (non-hydrogen) atoms. The van der Waals surface area contributed by atoms with Crippen LogP contribution in [0.1, 0.15) is 56.0 Å². The normalized spacial score (nSPS) is 24.3. The van der Waals surface area contributed by atoms with Crippen LogP contribution in [-0.4, -0.2) is 49.4 Å². The molecule has 2 aliphatic heterocycles. The van der Waals surface area contributed by atoms with Gasteiger partial charge in [0, 0.05) is 30.8 Å². The number of likely N-dealkylation sites (tertiary alicyclic amines) is 1. The number of ether oxygens (including phenoxy) is 2. The fraction of sp³-hybridized carbons (Fsp3) is 0.727. The molecule has 0 aromatic carbocycles. The Labute approximate surface area is 177 Å². The predicted octanol–water partition coefficient (Wildman–Crippen LogP) is 3.55. The van der Waals surface area contributed by atoms with Gasteiger partial charge < -0.3 is 14.8 Å². The number of nitrogens with one attached hydrogen (secondary N) is 1. The third-order valence-electron chi connectivity index (χ3n) is 6.65. The van der Waals surface area contributed by atoms with Crippen LogP contribution >= 0.6 is 11.3 Å². The zero-order valence-electron chi connectivity index (χ0n) is 17.7. The fourth-order valence-electron chi connectivity index (χ4n) is 4.74. The van der Waals surface area contributed by atoms with E-state index in [1.54, 1.807) is 11.3 Å². The number of rotatable bonds is 3. The maximum Gasteiger partial charge on any atom is 0.239 e. The van der Waals surface area contributed by atoms with E-state index in [1.165, 1.54) is 4.88 Å². The number of nitrogens with zero attached hydrogens (tertiary/aromatic N) is 2. The number of hydrogen-bond acceptors (Lipinski definition) is 6. The summed E-state index contributed by atoms with van der Waals surface area (Å²) in [5.74, 6) is 0.151. The molecule has 4 rings (SSSR count). The lowest BCUT2D eigenvalue weighted by Gasteiger charge is -2.37. The van der Waals surface area contributed by atoms with Crippen molar-refractivity contribution in [2.45, 2.75) is 58.7 Å². The number of anilines is 1. The number of hydrogen-bond donors (Lipinski definition) is 1. The molecular weight excluding hydrogens is 386 g/mol. The monoisotopic (exact) mass is 417 g/mol. The Morgan fingerprint density at radius 3 is 2.62 bits per heavy atom. The molecule has 1 spiro atoms. The van der Waals surface area contributed by atoms with Gasteiger partial charge in [-0.1, -0.05) is 20.8 Å². The minimum absolute atomic E-state index is 0.0447. The van der Waals surface area contributed by atoms with Gasteiger partial charge in [-0.05, 0) is 36.2 Å². The van der Waals surface area contributed by atoms with E-state index in [4.69, 9.17) is 9.47 Å². The summed E-state index contributed by atoms with van der Waals surface area (Å²) in [4.78, 5) is 16.1. The lowest BCUT2D eigenvalue weighted by Crippen LogP contribution is -2.47. The van der Waals surface area contributed by atoms with Gasteiger partial charge in [0.05, 0.1) is 25.3 Å². The number of thiophene rings is 1. The molecule has 1 atom stereocenters. The Morgan fingerprint density at radius 1 is 1.31 bits per heavy atom. The van der Waals surface area contributed by atoms with Crippen LogP contribution in [0.15, 0.2) is 0 Å². The second kappa shape index (κ2) is 7.99. The van der Waals surface area contributed by atoms with Crippen LogP contribution in [0, 0.1) is 22.7 Å². The molecule has 1 N–H and O–H groups in total.